The number of carbonyl (C=O) groups is 1. The van der Waals surface area contributed by atoms with Gasteiger partial charge in [-0.3, -0.25) is 5.10 Å². The van der Waals surface area contributed by atoms with Gasteiger partial charge in [-0.2, -0.15) is 0 Å². The molecular formula is C24H24Cl2N6O2S. The predicted octanol–water partition coefficient (Wildman–Crippen LogP) is 6.16. The number of H-pyrrole nitrogens is 1. The molecule has 2 N–H and O–H groups in total. The first-order valence-corrected chi connectivity index (χ1v) is 12.9. The van der Waals surface area contributed by atoms with Gasteiger partial charge in [0.1, 0.15) is 12.1 Å². The molecule has 1 fully saturated rings. The average Bonchev–Trinajstić information content (AvgIpc) is 3.46. The number of nitrogens with zero attached hydrogens (tertiary/aromatic N) is 4. The van der Waals surface area contributed by atoms with E-state index in [9.17, 15) is 4.79 Å². The van der Waals surface area contributed by atoms with Crippen molar-refractivity contribution in [1.29, 1.82) is 0 Å². The van der Waals surface area contributed by atoms with Gasteiger partial charge in [0.15, 0.2) is 0 Å². The van der Waals surface area contributed by atoms with E-state index in [1.165, 1.54) is 4.88 Å². The second-order valence-corrected chi connectivity index (χ2v) is 10.5. The third kappa shape index (κ3) is 5.69. The van der Waals surface area contributed by atoms with Gasteiger partial charge in [0.2, 0.25) is 0 Å². The summed E-state index contributed by atoms with van der Waals surface area (Å²) in [6.45, 7) is 4.18. The van der Waals surface area contributed by atoms with Crippen molar-refractivity contribution in [2.75, 3.05) is 18.4 Å². The van der Waals surface area contributed by atoms with Crippen LogP contribution in [0.2, 0.25) is 10.0 Å². The number of anilines is 1. The van der Waals surface area contributed by atoms with Crippen molar-refractivity contribution in [2.45, 2.75) is 38.8 Å². The van der Waals surface area contributed by atoms with Crippen LogP contribution in [0.25, 0.3) is 11.0 Å². The molecule has 2 aromatic heterocycles. The van der Waals surface area contributed by atoms with Crippen LogP contribution < -0.4 is 5.32 Å². The van der Waals surface area contributed by atoms with Gasteiger partial charge in [0.25, 0.3) is 0 Å². The minimum atomic E-state index is -0.316. The van der Waals surface area contributed by atoms with E-state index < -0.39 is 0 Å². The number of aromatic amines is 1. The highest BCUT2D eigenvalue weighted by atomic mass is 35.5. The molecule has 2 aromatic carbocycles. The van der Waals surface area contributed by atoms with Crippen LogP contribution in [-0.4, -0.2) is 44.5 Å². The number of benzene rings is 2. The van der Waals surface area contributed by atoms with E-state index >= 15 is 0 Å². The van der Waals surface area contributed by atoms with Gasteiger partial charge in [-0.15, -0.1) is 16.4 Å². The minimum absolute atomic E-state index is 0.144. The molecule has 0 atom stereocenters. The number of aromatic nitrogens is 4. The normalized spacial score (nSPS) is 14.4. The molecular weight excluding hydrogens is 507 g/mol. The van der Waals surface area contributed by atoms with Gasteiger partial charge < -0.3 is 15.0 Å². The number of halogens is 2. The number of hydrogen-bond acceptors (Lipinski definition) is 7. The Kier molecular flexibility index (Phi) is 7.08. The summed E-state index contributed by atoms with van der Waals surface area (Å²) in [5.41, 5.74) is 4.55. The third-order valence-corrected chi connectivity index (χ3v) is 7.83. The van der Waals surface area contributed by atoms with Crippen molar-refractivity contribution >= 4 is 57.4 Å². The number of likely N-dealkylation sites (tertiary alicyclic amines) is 1. The fraction of sp³-hybridized carbons (Fsp3) is 0.333. The molecule has 1 aliphatic rings. The van der Waals surface area contributed by atoms with E-state index in [1.54, 1.807) is 34.4 Å². The first-order valence-electron chi connectivity index (χ1n) is 11.3. The number of nitrogens with one attached hydrogen (secondary N) is 2. The van der Waals surface area contributed by atoms with E-state index in [0.717, 1.165) is 45.8 Å². The first kappa shape index (κ1) is 23.8. The number of thiazole rings is 1. The van der Waals surface area contributed by atoms with Crippen molar-refractivity contribution in [3.63, 3.8) is 0 Å². The number of aryl methyl sites for hydroxylation is 1. The number of rotatable bonds is 6. The maximum atomic E-state index is 12.5. The van der Waals surface area contributed by atoms with Crippen LogP contribution in [-0.2, 0) is 17.9 Å². The molecule has 0 bridgehead atoms. The lowest BCUT2D eigenvalue weighted by atomic mass is 9.98. The molecule has 0 aliphatic carbocycles. The van der Waals surface area contributed by atoms with Crippen LogP contribution in [0.1, 0.15) is 39.9 Å². The molecule has 8 nitrogen and oxygen atoms in total. The fourth-order valence-electron chi connectivity index (χ4n) is 4.16. The molecule has 35 heavy (non-hydrogen) atoms. The summed E-state index contributed by atoms with van der Waals surface area (Å²) in [6.07, 6.45) is 1.41. The van der Waals surface area contributed by atoms with Crippen LogP contribution in [0.3, 0.4) is 0 Å². The molecule has 5 rings (SSSR count). The SMILES string of the molecule is Cc1nc(C2CCN(C(=O)OCc3cc(Cl)cc(Cl)c3)CC2)sc1CNc1ccc2[nH]nnc2c1. The quantitative estimate of drug-likeness (QED) is 0.310. The molecule has 1 saturated heterocycles. The Morgan fingerprint density at radius 3 is 2.74 bits per heavy atom. The van der Waals surface area contributed by atoms with Gasteiger partial charge in [-0.25, -0.2) is 9.78 Å². The highest BCUT2D eigenvalue weighted by Crippen LogP contribution is 2.33. The molecule has 182 valence electrons. The Bertz CT molecular complexity index is 1330. The fourth-order valence-corrected chi connectivity index (χ4v) is 5.91. The number of amides is 1. The first-order chi connectivity index (χ1) is 16.9. The van der Waals surface area contributed by atoms with E-state index in [0.29, 0.717) is 35.6 Å². The Balaban J connectivity index is 1.13. The highest BCUT2D eigenvalue weighted by molar-refractivity contribution is 7.11. The van der Waals surface area contributed by atoms with Crippen LogP contribution in [0.4, 0.5) is 10.5 Å². The number of hydrogen-bond donors (Lipinski definition) is 2. The minimum Gasteiger partial charge on any atom is -0.445 e. The highest BCUT2D eigenvalue weighted by Gasteiger charge is 2.27. The Morgan fingerprint density at radius 2 is 1.97 bits per heavy atom. The largest absolute Gasteiger partial charge is 0.445 e. The molecule has 4 aromatic rings. The van der Waals surface area contributed by atoms with Crippen molar-refractivity contribution in [2.24, 2.45) is 0 Å². The molecule has 0 saturated carbocycles. The molecule has 11 heteroatoms. The summed E-state index contributed by atoms with van der Waals surface area (Å²) in [6, 6.07) is 11.1. The van der Waals surface area contributed by atoms with E-state index in [-0.39, 0.29) is 12.7 Å². The van der Waals surface area contributed by atoms with Crippen molar-refractivity contribution in [1.82, 2.24) is 25.3 Å². The summed E-state index contributed by atoms with van der Waals surface area (Å²) >= 11 is 13.8. The second kappa shape index (κ2) is 10.4. The summed E-state index contributed by atoms with van der Waals surface area (Å²) in [5.74, 6) is 0.342. The molecule has 0 radical (unpaired) electrons. The number of piperidine rings is 1. The lowest BCUT2D eigenvalue weighted by Gasteiger charge is -2.30. The van der Waals surface area contributed by atoms with Crippen molar-refractivity contribution in [3.05, 3.63) is 67.6 Å². The monoisotopic (exact) mass is 530 g/mol. The van der Waals surface area contributed by atoms with Gasteiger partial charge >= 0.3 is 6.09 Å². The maximum Gasteiger partial charge on any atom is 0.410 e. The zero-order valence-corrected chi connectivity index (χ0v) is 21.4. The zero-order chi connectivity index (χ0) is 24.4. The van der Waals surface area contributed by atoms with Crippen molar-refractivity contribution < 1.29 is 9.53 Å². The number of carbonyl (C=O) groups excluding carboxylic acids is 1. The Morgan fingerprint density at radius 1 is 1.20 bits per heavy atom. The average molecular weight is 531 g/mol. The van der Waals surface area contributed by atoms with Crippen LogP contribution >= 0.6 is 34.5 Å². The van der Waals surface area contributed by atoms with E-state index in [1.807, 2.05) is 25.1 Å². The smallest absolute Gasteiger partial charge is 0.410 e. The van der Waals surface area contributed by atoms with Gasteiger partial charge in [0.05, 0.1) is 22.8 Å². The Hall–Kier alpha value is -2.88. The third-order valence-electron chi connectivity index (χ3n) is 6.08. The molecule has 3 heterocycles. The summed E-state index contributed by atoms with van der Waals surface area (Å²) in [4.78, 5) is 20.3. The van der Waals surface area contributed by atoms with Crippen LogP contribution in [0.15, 0.2) is 36.4 Å². The van der Waals surface area contributed by atoms with E-state index in [4.69, 9.17) is 32.9 Å². The van der Waals surface area contributed by atoms with Crippen LogP contribution in [0, 0.1) is 6.92 Å². The Labute approximate surface area is 216 Å². The predicted molar refractivity (Wildman–Crippen MR) is 138 cm³/mol. The lowest BCUT2D eigenvalue weighted by Crippen LogP contribution is -2.38. The molecule has 0 unspecified atom stereocenters. The number of fused-ring (bicyclic) bond motifs is 1. The maximum absolute atomic E-state index is 12.5. The lowest BCUT2D eigenvalue weighted by molar-refractivity contribution is 0.0870. The molecule has 0 spiro atoms. The standard InChI is InChI=1S/C24H24Cl2N6O2S/c1-14-22(12-27-19-2-3-20-21(11-19)30-31-29-20)35-23(28-14)16-4-6-32(7-5-16)24(33)34-13-15-8-17(25)10-18(26)9-15/h2-3,8-11,16,27H,4-7,12-13H2,1H3,(H,29,30,31). The van der Waals surface area contributed by atoms with Crippen LogP contribution in [0.5, 0.6) is 0 Å². The summed E-state index contributed by atoms with van der Waals surface area (Å²) in [5, 5.41) is 16.4. The van der Waals surface area contributed by atoms with Gasteiger partial charge in [-0.1, -0.05) is 28.4 Å². The molecule has 1 amide bonds. The number of ether oxygens (including phenoxy) is 1. The van der Waals surface area contributed by atoms with Gasteiger partial charge in [0, 0.05) is 39.6 Å². The molecule has 1 aliphatic heterocycles. The van der Waals surface area contributed by atoms with E-state index in [2.05, 4.69) is 20.7 Å². The zero-order valence-electron chi connectivity index (χ0n) is 19.1. The second-order valence-electron chi connectivity index (χ2n) is 8.55. The van der Waals surface area contributed by atoms with Gasteiger partial charge in [-0.05, 0) is 61.7 Å². The summed E-state index contributed by atoms with van der Waals surface area (Å²) in [7, 11) is 0. The summed E-state index contributed by atoms with van der Waals surface area (Å²) < 4.78 is 5.48. The topological polar surface area (TPSA) is 96.0 Å². The van der Waals surface area contributed by atoms with Crippen molar-refractivity contribution in [3.8, 4) is 0 Å².